The van der Waals surface area contributed by atoms with Crippen LogP contribution in [0.5, 0.6) is 0 Å². The molecule has 1 aromatic carbocycles. The first-order valence-electron chi connectivity index (χ1n) is 4.34. The van der Waals surface area contributed by atoms with Gasteiger partial charge in [0.1, 0.15) is 0 Å². The van der Waals surface area contributed by atoms with Crippen LogP contribution in [0.3, 0.4) is 0 Å². The second-order valence-electron chi connectivity index (χ2n) is 3.02. The molecule has 14 heavy (non-hydrogen) atoms. The van der Waals surface area contributed by atoms with Crippen molar-refractivity contribution in [3.63, 3.8) is 0 Å². The van der Waals surface area contributed by atoms with E-state index >= 15 is 0 Å². The van der Waals surface area contributed by atoms with Gasteiger partial charge in [0.2, 0.25) is 0 Å². The molecule has 0 atom stereocenters. The standard InChI is InChI=1S/C9H12BNO3/c1-10(14)11-6-7-4-2-3-5-8(7)9(12)13/h2-5,11,14H,6H2,1H3,(H,12,13). The summed E-state index contributed by atoms with van der Waals surface area (Å²) in [5, 5.41) is 20.6. The zero-order valence-electron chi connectivity index (χ0n) is 7.90. The topological polar surface area (TPSA) is 69.6 Å². The summed E-state index contributed by atoms with van der Waals surface area (Å²) in [7, 11) is -0.642. The van der Waals surface area contributed by atoms with Crippen LogP contribution in [0.4, 0.5) is 0 Å². The Hall–Kier alpha value is -1.33. The third-order valence-electron chi connectivity index (χ3n) is 1.84. The van der Waals surface area contributed by atoms with Crippen molar-refractivity contribution >= 4 is 13.0 Å². The van der Waals surface area contributed by atoms with Gasteiger partial charge in [0.15, 0.2) is 0 Å². The monoisotopic (exact) mass is 193 g/mol. The molecule has 0 spiro atoms. The summed E-state index contributed by atoms with van der Waals surface area (Å²) < 4.78 is 0. The predicted octanol–water partition coefficient (Wildman–Crippen LogP) is 0.585. The van der Waals surface area contributed by atoms with Gasteiger partial charge in [-0.05, 0) is 18.5 Å². The number of carbonyl (C=O) groups is 1. The summed E-state index contributed by atoms with van der Waals surface area (Å²) in [5.74, 6) is -0.951. The van der Waals surface area contributed by atoms with Gasteiger partial charge in [-0.2, -0.15) is 0 Å². The molecule has 0 radical (unpaired) electrons. The molecule has 74 valence electrons. The average Bonchev–Trinajstić information content (AvgIpc) is 2.15. The maximum Gasteiger partial charge on any atom is 0.373 e. The number of carboxylic acids is 1. The van der Waals surface area contributed by atoms with E-state index in [1.165, 1.54) is 0 Å². The lowest BCUT2D eigenvalue weighted by Crippen LogP contribution is -2.30. The van der Waals surface area contributed by atoms with Crippen molar-refractivity contribution in [1.29, 1.82) is 0 Å². The molecule has 0 heterocycles. The zero-order chi connectivity index (χ0) is 10.6. The summed E-state index contributed by atoms with van der Waals surface area (Å²) >= 11 is 0. The molecule has 4 nitrogen and oxygen atoms in total. The van der Waals surface area contributed by atoms with E-state index < -0.39 is 13.0 Å². The first-order chi connectivity index (χ1) is 6.61. The number of benzene rings is 1. The molecule has 0 unspecified atom stereocenters. The first kappa shape index (κ1) is 10.8. The van der Waals surface area contributed by atoms with Crippen LogP contribution in [0.1, 0.15) is 15.9 Å². The predicted molar refractivity (Wildman–Crippen MR) is 54.1 cm³/mol. The molecule has 1 aromatic rings. The van der Waals surface area contributed by atoms with Crippen LogP contribution in [-0.4, -0.2) is 23.2 Å². The molecule has 0 aliphatic carbocycles. The minimum atomic E-state index is -0.951. The third kappa shape index (κ3) is 2.87. The van der Waals surface area contributed by atoms with Gasteiger partial charge < -0.3 is 15.4 Å². The molecule has 0 saturated heterocycles. The summed E-state index contributed by atoms with van der Waals surface area (Å²) in [4.78, 5) is 10.8. The first-order valence-corrected chi connectivity index (χ1v) is 4.34. The fourth-order valence-electron chi connectivity index (χ4n) is 1.14. The van der Waals surface area contributed by atoms with Crippen molar-refractivity contribution in [2.75, 3.05) is 0 Å². The Morgan fingerprint density at radius 2 is 2.14 bits per heavy atom. The molecule has 3 N–H and O–H groups in total. The van der Waals surface area contributed by atoms with E-state index in [1.54, 1.807) is 31.1 Å². The second kappa shape index (κ2) is 4.78. The van der Waals surface area contributed by atoms with Gasteiger partial charge >= 0.3 is 13.0 Å². The Bertz CT molecular complexity index is 328. The molecule has 0 bridgehead atoms. The minimum absolute atomic E-state index is 0.264. The van der Waals surface area contributed by atoms with Crippen LogP contribution < -0.4 is 5.23 Å². The van der Waals surface area contributed by atoms with Crippen molar-refractivity contribution in [2.45, 2.75) is 13.4 Å². The lowest BCUT2D eigenvalue weighted by molar-refractivity contribution is 0.0695. The Balaban J connectivity index is 2.79. The molecule has 0 aromatic heterocycles. The number of carboxylic acid groups (broad SMARTS) is 1. The quantitative estimate of drug-likeness (QED) is 0.612. The Morgan fingerprint density at radius 1 is 1.50 bits per heavy atom. The van der Waals surface area contributed by atoms with Crippen LogP contribution in [0.2, 0.25) is 6.82 Å². The number of rotatable bonds is 4. The van der Waals surface area contributed by atoms with Crippen molar-refractivity contribution in [3.8, 4) is 0 Å². The van der Waals surface area contributed by atoms with Gasteiger partial charge in [-0.15, -0.1) is 0 Å². The Labute approximate surface area is 82.7 Å². The number of hydrogen-bond donors (Lipinski definition) is 3. The third-order valence-corrected chi connectivity index (χ3v) is 1.84. The molecule has 0 aliphatic heterocycles. The maximum atomic E-state index is 10.8. The lowest BCUT2D eigenvalue weighted by atomic mass is 9.88. The van der Waals surface area contributed by atoms with Crippen LogP contribution in [0, 0.1) is 0 Å². The van der Waals surface area contributed by atoms with E-state index in [2.05, 4.69) is 5.23 Å². The van der Waals surface area contributed by atoms with Gasteiger partial charge in [0.05, 0.1) is 5.56 Å². The van der Waals surface area contributed by atoms with Crippen LogP contribution in [-0.2, 0) is 6.54 Å². The van der Waals surface area contributed by atoms with Crippen molar-refractivity contribution in [1.82, 2.24) is 5.23 Å². The Kier molecular flexibility index (Phi) is 3.68. The molecule has 0 amide bonds. The SMILES string of the molecule is CB(O)NCc1ccccc1C(=O)O. The highest BCUT2D eigenvalue weighted by Crippen LogP contribution is 2.08. The fourth-order valence-corrected chi connectivity index (χ4v) is 1.14. The summed E-state index contributed by atoms with van der Waals surface area (Å²) in [6, 6.07) is 6.71. The van der Waals surface area contributed by atoms with Crippen molar-refractivity contribution in [2.24, 2.45) is 0 Å². The largest absolute Gasteiger partial charge is 0.478 e. The second-order valence-corrected chi connectivity index (χ2v) is 3.02. The molecular weight excluding hydrogens is 181 g/mol. The van der Waals surface area contributed by atoms with Crippen LogP contribution in [0.15, 0.2) is 24.3 Å². The molecule has 5 heteroatoms. The van der Waals surface area contributed by atoms with E-state index in [0.29, 0.717) is 12.1 Å². The maximum absolute atomic E-state index is 10.8. The average molecular weight is 193 g/mol. The molecule has 0 aliphatic rings. The van der Waals surface area contributed by atoms with Gasteiger partial charge in [-0.25, -0.2) is 4.79 Å². The summed E-state index contributed by atoms with van der Waals surface area (Å²) in [5.41, 5.74) is 0.932. The molecular formula is C9H12BNO3. The van der Waals surface area contributed by atoms with E-state index in [-0.39, 0.29) is 5.56 Å². The van der Waals surface area contributed by atoms with Gasteiger partial charge in [-0.1, -0.05) is 18.2 Å². The highest BCUT2D eigenvalue weighted by Gasteiger charge is 2.09. The van der Waals surface area contributed by atoms with Crippen LogP contribution in [0.25, 0.3) is 0 Å². The smallest absolute Gasteiger partial charge is 0.373 e. The van der Waals surface area contributed by atoms with Crippen LogP contribution >= 0.6 is 0 Å². The van der Waals surface area contributed by atoms with Crippen molar-refractivity contribution in [3.05, 3.63) is 35.4 Å². The highest BCUT2D eigenvalue weighted by atomic mass is 16.4. The van der Waals surface area contributed by atoms with E-state index in [9.17, 15) is 4.79 Å². The van der Waals surface area contributed by atoms with Gasteiger partial charge in [0.25, 0.3) is 0 Å². The van der Waals surface area contributed by atoms with E-state index in [0.717, 1.165) is 0 Å². The van der Waals surface area contributed by atoms with E-state index in [1.807, 2.05) is 0 Å². The van der Waals surface area contributed by atoms with Crippen molar-refractivity contribution < 1.29 is 14.9 Å². The number of aromatic carboxylic acids is 1. The zero-order valence-corrected chi connectivity index (χ0v) is 7.90. The van der Waals surface area contributed by atoms with E-state index in [4.69, 9.17) is 10.1 Å². The highest BCUT2D eigenvalue weighted by molar-refractivity contribution is 6.45. The molecule has 0 saturated carbocycles. The summed E-state index contributed by atoms with van der Waals surface area (Å²) in [6.45, 7) is 1.93. The lowest BCUT2D eigenvalue weighted by Gasteiger charge is -2.07. The molecule has 0 fully saturated rings. The van der Waals surface area contributed by atoms with Gasteiger partial charge in [0, 0.05) is 6.54 Å². The fraction of sp³-hybridized carbons (Fsp3) is 0.222. The number of hydrogen-bond acceptors (Lipinski definition) is 3. The molecule has 1 rings (SSSR count). The minimum Gasteiger partial charge on any atom is -0.478 e. The number of nitrogens with one attached hydrogen (secondary N) is 1. The Morgan fingerprint density at radius 3 is 2.71 bits per heavy atom. The van der Waals surface area contributed by atoms with Gasteiger partial charge in [-0.3, -0.25) is 0 Å². The normalized spacial score (nSPS) is 9.86. The summed E-state index contributed by atoms with van der Waals surface area (Å²) in [6.07, 6.45) is 0.